The van der Waals surface area contributed by atoms with Crippen LogP contribution < -0.4 is 5.32 Å². The molecule has 4 bridgehead atoms. The summed E-state index contributed by atoms with van der Waals surface area (Å²) in [6.45, 7) is 2.71. The number of amides is 1. The van der Waals surface area contributed by atoms with Crippen LogP contribution in [0.25, 0.3) is 0 Å². The summed E-state index contributed by atoms with van der Waals surface area (Å²) in [6, 6.07) is 10.3. The quantitative estimate of drug-likeness (QED) is 0.868. The Hall–Kier alpha value is -1.84. The van der Waals surface area contributed by atoms with E-state index >= 15 is 0 Å². The molecule has 0 radical (unpaired) electrons. The highest BCUT2D eigenvalue weighted by Gasteiger charge is 2.63. The van der Waals surface area contributed by atoms with E-state index in [1.165, 1.54) is 32.1 Å². The molecule has 26 heavy (non-hydrogen) atoms. The third-order valence-electron chi connectivity index (χ3n) is 7.57. The van der Waals surface area contributed by atoms with E-state index in [1.807, 2.05) is 18.2 Å². The van der Waals surface area contributed by atoms with Gasteiger partial charge in [-0.1, -0.05) is 37.3 Å². The maximum absolute atomic E-state index is 13.8. The van der Waals surface area contributed by atoms with Gasteiger partial charge in [0.1, 0.15) is 5.54 Å². The fourth-order valence-corrected chi connectivity index (χ4v) is 7.01. The summed E-state index contributed by atoms with van der Waals surface area (Å²) in [5, 5.41) is 12.0. The van der Waals surface area contributed by atoms with Gasteiger partial charge in [-0.25, -0.2) is 0 Å². The van der Waals surface area contributed by atoms with Crippen LogP contribution in [-0.2, 0) is 10.3 Å². The Kier molecular flexibility index (Phi) is 3.67. The number of carbonyl (C=O) groups is 1. The van der Waals surface area contributed by atoms with Gasteiger partial charge in [-0.15, -0.1) is 0 Å². The van der Waals surface area contributed by atoms with Crippen molar-refractivity contribution in [2.75, 3.05) is 6.54 Å². The molecule has 2 N–H and O–H groups in total. The van der Waals surface area contributed by atoms with Gasteiger partial charge in [0.2, 0.25) is 0 Å². The molecule has 1 heterocycles. The van der Waals surface area contributed by atoms with Crippen LogP contribution in [0.2, 0.25) is 0 Å². The first-order valence-corrected chi connectivity index (χ1v) is 10.4. The Bertz CT molecular complexity index is 702. The second-order valence-corrected chi connectivity index (χ2v) is 9.06. The smallest absolute Gasteiger partial charge is 0.260 e. The van der Waals surface area contributed by atoms with Crippen molar-refractivity contribution in [2.45, 2.75) is 51.0 Å². The Morgan fingerprint density at radius 1 is 1.08 bits per heavy atom. The van der Waals surface area contributed by atoms with Crippen LogP contribution in [0.1, 0.15) is 51.0 Å². The largest absolute Gasteiger partial charge is 0.338 e. The summed E-state index contributed by atoms with van der Waals surface area (Å²) in [4.78, 5) is 15.5. The molecule has 5 fully saturated rings. The summed E-state index contributed by atoms with van der Waals surface area (Å²) in [6.07, 6.45) is 7.41. The van der Waals surface area contributed by atoms with Crippen molar-refractivity contribution in [3.63, 3.8) is 0 Å². The number of nitrogens with one attached hydrogen (secondary N) is 2. The normalized spacial score (nSPS) is 41.0. The Morgan fingerprint density at radius 2 is 1.69 bits per heavy atom. The monoisotopic (exact) mass is 351 g/mol. The molecule has 1 aliphatic heterocycles. The number of nitrogens with zero attached hydrogens (tertiary/aromatic N) is 1. The molecule has 4 heteroatoms. The topological polar surface area (TPSA) is 56.2 Å². The molecule has 1 aromatic rings. The third-order valence-corrected chi connectivity index (χ3v) is 7.57. The molecule has 138 valence electrons. The van der Waals surface area contributed by atoms with Crippen LogP contribution in [0.5, 0.6) is 0 Å². The van der Waals surface area contributed by atoms with Crippen LogP contribution in [0.4, 0.5) is 0 Å². The molecular weight excluding hydrogens is 322 g/mol. The van der Waals surface area contributed by atoms with Crippen molar-refractivity contribution < 1.29 is 4.79 Å². The van der Waals surface area contributed by atoms with Crippen molar-refractivity contribution in [3.05, 3.63) is 35.9 Å². The number of benzene rings is 1. The molecule has 5 aliphatic rings. The van der Waals surface area contributed by atoms with Crippen molar-refractivity contribution >= 4 is 11.9 Å². The average Bonchev–Trinajstić information content (AvgIpc) is 2.88. The van der Waals surface area contributed by atoms with Gasteiger partial charge in [-0.2, -0.15) is 0 Å². The van der Waals surface area contributed by atoms with Gasteiger partial charge < -0.3 is 5.32 Å². The molecule has 6 rings (SSSR count). The van der Waals surface area contributed by atoms with Crippen molar-refractivity contribution in [2.24, 2.45) is 29.6 Å². The van der Waals surface area contributed by atoms with E-state index in [4.69, 9.17) is 5.41 Å². The maximum Gasteiger partial charge on any atom is 0.260 e. The van der Waals surface area contributed by atoms with Crippen molar-refractivity contribution in [3.8, 4) is 0 Å². The minimum Gasteiger partial charge on any atom is -0.338 e. The van der Waals surface area contributed by atoms with Gasteiger partial charge in [0, 0.05) is 12.5 Å². The highest BCUT2D eigenvalue weighted by atomic mass is 16.2. The van der Waals surface area contributed by atoms with E-state index in [-0.39, 0.29) is 5.91 Å². The van der Waals surface area contributed by atoms with Gasteiger partial charge in [-0.05, 0) is 67.8 Å². The number of rotatable bonds is 4. The first kappa shape index (κ1) is 16.3. The summed E-state index contributed by atoms with van der Waals surface area (Å²) >= 11 is 0. The van der Waals surface area contributed by atoms with Crippen LogP contribution in [-0.4, -0.2) is 23.3 Å². The average molecular weight is 351 g/mol. The molecular formula is C22H29N3O. The summed E-state index contributed by atoms with van der Waals surface area (Å²) < 4.78 is 0. The fourth-order valence-electron chi connectivity index (χ4n) is 7.01. The minimum absolute atomic E-state index is 0.119. The lowest BCUT2D eigenvalue weighted by molar-refractivity contribution is -0.143. The SMILES string of the molecule is CCCN1C(=N)NC(c2ccccc2)(C2C3CC4CC(C3)CC2C4)C1=O. The van der Waals surface area contributed by atoms with Crippen LogP contribution >= 0.6 is 0 Å². The third kappa shape index (κ3) is 2.14. The molecule has 0 spiro atoms. The molecule has 1 aromatic carbocycles. The molecule has 4 nitrogen and oxygen atoms in total. The highest BCUT2D eigenvalue weighted by Crippen LogP contribution is 2.61. The van der Waals surface area contributed by atoms with Crippen molar-refractivity contribution in [1.29, 1.82) is 5.41 Å². The fraction of sp³-hybridized carbons (Fsp3) is 0.636. The van der Waals surface area contributed by atoms with E-state index < -0.39 is 5.54 Å². The molecule has 1 atom stereocenters. The molecule has 1 saturated heterocycles. The Labute approximate surface area is 155 Å². The van der Waals surface area contributed by atoms with E-state index in [0.29, 0.717) is 30.3 Å². The summed E-state index contributed by atoms with van der Waals surface area (Å²) in [5.74, 6) is 3.75. The maximum atomic E-state index is 13.8. The zero-order valence-corrected chi connectivity index (χ0v) is 15.6. The lowest BCUT2D eigenvalue weighted by Gasteiger charge is -2.58. The standard InChI is InChI=1S/C22H29N3O/c1-2-8-25-20(26)22(24-21(25)23,18-6-4-3-5-7-18)19-16-10-14-9-15(12-16)13-17(19)11-14/h3-7,14-17,19H,2,8-13H2,1H3,(H2,23,24). The van der Waals surface area contributed by atoms with Gasteiger partial charge in [-0.3, -0.25) is 15.1 Å². The predicted octanol–water partition coefficient (Wildman–Crippen LogP) is 3.73. The zero-order valence-electron chi connectivity index (χ0n) is 15.6. The number of guanidine groups is 1. The van der Waals surface area contributed by atoms with Gasteiger partial charge in [0.05, 0.1) is 0 Å². The molecule has 0 aromatic heterocycles. The van der Waals surface area contributed by atoms with Crippen LogP contribution in [0.15, 0.2) is 30.3 Å². The number of hydrogen-bond donors (Lipinski definition) is 2. The first-order chi connectivity index (χ1) is 12.6. The lowest BCUT2D eigenvalue weighted by atomic mass is 9.47. The zero-order chi connectivity index (χ0) is 17.9. The molecule has 4 saturated carbocycles. The van der Waals surface area contributed by atoms with E-state index in [1.54, 1.807) is 4.90 Å². The second kappa shape index (κ2) is 5.83. The minimum atomic E-state index is -0.726. The van der Waals surface area contributed by atoms with Crippen LogP contribution in [0, 0.1) is 35.0 Å². The lowest BCUT2D eigenvalue weighted by Crippen LogP contribution is -2.60. The van der Waals surface area contributed by atoms with Gasteiger partial charge >= 0.3 is 0 Å². The van der Waals surface area contributed by atoms with Crippen LogP contribution in [0.3, 0.4) is 0 Å². The highest BCUT2D eigenvalue weighted by molar-refractivity contribution is 6.08. The Morgan fingerprint density at radius 3 is 2.27 bits per heavy atom. The number of hydrogen-bond acceptors (Lipinski definition) is 2. The van der Waals surface area contributed by atoms with E-state index in [0.717, 1.165) is 23.8 Å². The molecule has 1 amide bonds. The molecule has 1 unspecified atom stereocenters. The van der Waals surface area contributed by atoms with Gasteiger partial charge in [0.25, 0.3) is 5.91 Å². The van der Waals surface area contributed by atoms with E-state index in [9.17, 15) is 4.79 Å². The molecule has 4 aliphatic carbocycles. The van der Waals surface area contributed by atoms with Gasteiger partial charge in [0.15, 0.2) is 5.96 Å². The predicted molar refractivity (Wildman–Crippen MR) is 102 cm³/mol. The summed E-state index contributed by atoms with van der Waals surface area (Å²) in [5.41, 5.74) is 0.335. The first-order valence-electron chi connectivity index (χ1n) is 10.4. The Balaban J connectivity index is 1.62. The summed E-state index contributed by atoms with van der Waals surface area (Å²) in [7, 11) is 0. The van der Waals surface area contributed by atoms with E-state index in [2.05, 4.69) is 24.4 Å². The second-order valence-electron chi connectivity index (χ2n) is 9.06. The van der Waals surface area contributed by atoms with Crippen molar-refractivity contribution in [1.82, 2.24) is 10.2 Å². The number of carbonyl (C=O) groups excluding carboxylic acids is 1.